The molecule has 0 fully saturated rings. The second-order valence-electron chi connectivity index (χ2n) is 3.62. The zero-order valence-electron chi connectivity index (χ0n) is 8.95. The minimum Gasteiger partial charge on any atom is -0.439 e. The molecule has 0 aliphatic carbocycles. The molecule has 0 aliphatic heterocycles. The Bertz CT molecular complexity index is 474. The highest BCUT2D eigenvalue weighted by Gasteiger charge is 2.05. The number of aryl methyl sites for hydroxylation is 2. The van der Waals surface area contributed by atoms with Crippen molar-refractivity contribution >= 4 is 0 Å². The van der Waals surface area contributed by atoms with E-state index in [9.17, 15) is 0 Å². The molecule has 0 aliphatic rings. The molecule has 15 heavy (non-hydrogen) atoms. The molecule has 0 radical (unpaired) electrons. The predicted octanol–water partition coefficient (Wildman–Crippen LogP) is 2.42. The van der Waals surface area contributed by atoms with Crippen LogP contribution in [0.25, 0.3) is 11.3 Å². The Hall–Kier alpha value is -1.61. The fraction of sp³-hybridized carbons (Fsp3) is 0.250. The van der Waals surface area contributed by atoms with Gasteiger partial charge in [0.05, 0.1) is 12.7 Å². The van der Waals surface area contributed by atoms with E-state index in [4.69, 9.17) is 10.2 Å². The summed E-state index contributed by atoms with van der Waals surface area (Å²) in [5.74, 6) is 1.35. The molecule has 3 heteroatoms. The second kappa shape index (κ2) is 3.87. The third kappa shape index (κ3) is 1.92. The molecule has 3 nitrogen and oxygen atoms in total. The molecule has 0 atom stereocenters. The molecule has 0 spiro atoms. The van der Waals surface area contributed by atoms with Crippen LogP contribution in [-0.4, -0.2) is 4.98 Å². The highest BCUT2D eigenvalue weighted by molar-refractivity contribution is 5.58. The van der Waals surface area contributed by atoms with E-state index in [1.165, 1.54) is 11.1 Å². The Morgan fingerprint density at radius 1 is 1.27 bits per heavy atom. The number of benzene rings is 1. The standard InChI is InChI=1S/C12H14N2O/c1-8-3-4-10(5-9(8)2)11-7-14-12(6-13)15-11/h3-5,7H,6,13H2,1-2H3. The maximum absolute atomic E-state index is 5.48. The van der Waals surface area contributed by atoms with Crippen LogP contribution >= 0.6 is 0 Å². The normalized spacial score (nSPS) is 10.6. The maximum Gasteiger partial charge on any atom is 0.208 e. The topological polar surface area (TPSA) is 52.0 Å². The Balaban J connectivity index is 2.40. The van der Waals surface area contributed by atoms with Gasteiger partial charge in [-0.3, -0.25) is 0 Å². The average molecular weight is 202 g/mol. The highest BCUT2D eigenvalue weighted by Crippen LogP contribution is 2.22. The van der Waals surface area contributed by atoms with E-state index in [0.29, 0.717) is 12.4 Å². The number of hydrogen-bond donors (Lipinski definition) is 1. The van der Waals surface area contributed by atoms with Crippen molar-refractivity contribution in [2.45, 2.75) is 20.4 Å². The molecule has 0 saturated carbocycles. The molecule has 2 aromatic rings. The Morgan fingerprint density at radius 2 is 2.07 bits per heavy atom. The van der Waals surface area contributed by atoms with Crippen molar-refractivity contribution < 1.29 is 4.42 Å². The number of rotatable bonds is 2. The van der Waals surface area contributed by atoms with Gasteiger partial charge in [-0.1, -0.05) is 12.1 Å². The Kier molecular flexibility index (Phi) is 2.56. The summed E-state index contributed by atoms with van der Waals surface area (Å²) in [5, 5.41) is 0. The number of nitrogens with two attached hydrogens (primary N) is 1. The van der Waals surface area contributed by atoms with Crippen LogP contribution in [0.15, 0.2) is 28.8 Å². The van der Waals surface area contributed by atoms with E-state index in [1.54, 1.807) is 6.20 Å². The van der Waals surface area contributed by atoms with Gasteiger partial charge >= 0.3 is 0 Å². The third-order valence-corrected chi connectivity index (χ3v) is 2.52. The number of aromatic nitrogens is 1. The minimum absolute atomic E-state index is 0.338. The average Bonchev–Trinajstić information content (AvgIpc) is 2.70. The summed E-state index contributed by atoms with van der Waals surface area (Å²) in [4.78, 5) is 4.07. The van der Waals surface area contributed by atoms with Gasteiger partial charge in [-0.05, 0) is 31.0 Å². The lowest BCUT2D eigenvalue weighted by atomic mass is 10.1. The Labute approximate surface area is 88.9 Å². The van der Waals surface area contributed by atoms with Crippen molar-refractivity contribution in [1.29, 1.82) is 0 Å². The summed E-state index contributed by atoms with van der Waals surface area (Å²) in [5.41, 5.74) is 9.01. The summed E-state index contributed by atoms with van der Waals surface area (Å²) >= 11 is 0. The van der Waals surface area contributed by atoms with Gasteiger partial charge in [-0.2, -0.15) is 0 Å². The van der Waals surface area contributed by atoms with E-state index in [0.717, 1.165) is 11.3 Å². The Morgan fingerprint density at radius 3 is 2.67 bits per heavy atom. The first-order valence-electron chi connectivity index (χ1n) is 4.93. The SMILES string of the molecule is Cc1ccc(-c2cnc(CN)o2)cc1C. The molecule has 0 bridgehead atoms. The van der Waals surface area contributed by atoms with Crippen molar-refractivity contribution in [3.63, 3.8) is 0 Å². The van der Waals surface area contributed by atoms with Gasteiger partial charge < -0.3 is 10.2 Å². The van der Waals surface area contributed by atoms with Gasteiger partial charge in [0, 0.05) is 5.56 Å². The van der Waals surface area contributed by atoms with E-state index in [2.05, 4.69) is 31.0 Å². The van der Waals surface area contributed by atoms with Crippen LogP contribution in [0.2, 0.25) is 0 Å². The zero-order valence-corrected chi connectivity index (χ0v) is 8.95. The monoisotopic (exact) mass is 202 g/mol. The summed E-state index contributed by atoms with van der Waals surface area (Å²) in [6.45, 7) is 4.51. The first kappa shape index (κ1) is 9.93. The van der Waals surface area contributed by atoms with Crippen LogP contribution in [0.5, 0.6) is 0 Å². The summed E-state index contributed by atoms with van der Waals surface area (Å²) in [6, 6.07) is 6.20. The van der Waals surface area contributed by atoms with Crippen molar-refractivity contribution in [1.82, 2.24) is 4.98 Å². The van der Waals surface area contributed by atoms with Crippen LogP contribution in [-0.2, 0) is 6.54 Å². The van der Waals surface area contributed by atoms with Gasteiger partial charge in [0.1, 0.15) is 0 Å². The van der Waals surface area contributed by atoms with Crippen LogP contribution in [0.4, 0.5) is 0 Å². The fourth-order valence-electron chi connectivity index (χ4n) is 1.43. The number of hydrogen-bond acceptors (Lipinski definition) is 3. The molecular weight excluding hydrogens is 188 g/mol. The highest BCUT2D eigenvalue weighted by atomic mass is 16.4. The van der Waals surface area contributed by atoms with Gasteiger partial charge in [0.25, 0.3) is 0 Å². The van der Waals surface area contributed by atoms with E-state index >= 15 is 0 Å². The molecular formula is C12H14N2O. The lowest BCUT2D eigenvalue weighted by Crippen LogP contribution is -1.94. The lowest BCUT2D eigenvalue weighted by Gasteiger charge is -2.01. The molecule has 2 rings (SSSR count). The molecule has 0 amide bonds. The summed E-state index contributed by atoms with van der Waals surface area (Å²) in [6.07, 6.45) is 1.71. The van der Waals surface area contributed by atoms with Crippen molar-refractivity contribution in [3.05, 3.63) is 41.4 Å². The smallest absolute Gasteiger partial charge is 0.208 e. The van der Waals surface area contributed by atoms with Crippen molar-refractivity contribution in [2.24, 2.45) is 5.73 Å². The third-order valence-electron chi connectivity index (χ3n) is 2.52. The number of nitrogens with zero attached hydrogens (tertiary/aromatic N) is 1. The number of oxazole rings is 1. The molecule has 1 aromatic carbocycles. The predicted molar refractivity (Wildman–Crippen MR) is 59.3 cm³/mol. The van der Waals surface area contributed by atoms with Crippen molar-refractivity contribution in [3.8, 4) is 11.3 Å². The van der Waals surface area contributed by atoms with Crippen molar-refractivity contribution in [2.75, 3.05) is 0 Å². The molecule has 0 saturated heterocycles. The van der Waals surface area contributed by atoms with Gasteiger partial charge in [0.15, 0.2) is 5.76 Å². The second-order valence-corrected chi connectivity index (χ2v) is 3.62. The first-order valence-corrected chi connectivity index (χ1v) is 4.93. The molecule has 2 N–H and O–H groups in total. The quantitative estimate of drug-likeness (QED) is 0.813. The maximum atomic E-state index is 5.48. The van der Waals surface area contributed by atoms with E-state index < -0.39 is 0 Å². The van der Waals surface area contributed by atoms with Gasteiger partial charge in [0.2, 0.25) is 5.89 Å². The van der Waals surface area contributed by atoms with E-state index in [-0.39, 0.29) is 0 Å². The van der Waals surface area contributed by atoms with Crippen LogP contribution < -0.4 is 5.73 Å². The van der Waals surface area contributed by atoms with Gasteiger partial charge in [-0.15, -0.1) is 0 Å². The van der Waals surface area contributed by atoms with E-state index in [1.807, 2.05) is 6.07 Å². The first-order chi connectivity index (χ1) is 7.20. The molecule has 1 heterocycles. The summed E-state index contributed by atoms with van der Waals surface area (Å²) in [7, 11) is 0. The lowest BCUT2D eigenvalue weighted by molar-refractivity contribution is 0.509. The zero-order chi connectivity index (χ0) is 10.8. The molecule has 0 unspecified atom stereocenters. The minimum atomic E-state index is 0.338. The summed E-state index contributed by atoms with van der Waals surface area (Å²) < 4.78 is 5.48. The molecule has 78 valence electrons. The van der Waals surface area contributed by atoms with Gasteiger partial charge in [-0.25, -0.2) is 4.98 Å². The van der Waals surface area contributed by atoms with Crippen LogP contribution in [0.1, 0.15) is 17.0 Å². The largest absolute Gasteiger partial charge is 0.439 e. The molecule has 1 aromatic heterocycles. The fourth-order valence-corrected chi connectivity index (χ4v) is 1.43. The van der Waals surface area contributed by atoms with Crippen LogP contribution in [0.3, 0.4) is 0 Å². The van der Waals surface area contributed by atoms with Crippen LogP contribution in [0, 0.1) is 13.8 Å².